The molecule has 20 heavy (non-hydrogen) atoms. The lowest BCUT2D eigenvalue weighted by molar-refractivity contribution is 0.674. The standard InChI is InChI=1S/C15H17N5/c1-20-11-12(8-18-20)6-7-16-9-13-10-17-14-4-2-3-5-15(14)19-13/h2-5,8,10-11,16H,6-7,9H2,1H3. The fourth-order valence-electron chi connectivity index (χ4n) is 2.13. The fourth-order valence-corrected chi connectivity index (χ4v) is 2.13. The largest absolute Gasteiger partial charge is 0.311 e. The van der Waals surface area contributed by atoms with Crippen molar-refractivity contribution in [3.05, 3.63) is 54.1 Å². The fraction of sp³-hybridized carbons (Fsp3) is 0.267. The Hall–Kier alpha value is -2.27. The summed E-state index contributed by atoms with van der Waals surface area (Å²) in [5, 5.41) is 7.54. The lowest BCUT2D eigenvalue weighted by atomic mass is 10.2. The second kappa shape index (κ2) is 5.79. The van der Waals surface area contributed by atoms with Gasteiger partial charge in [0.05, 0.1) is 29.1 Å². The molecule has 0 bridgehead atoms. The van der Waals surface area contributed by atoms with Crippen molar-refractivity contribution in [1.82, 2.24) is 25.1 Å². The van der Waals surface area contributed by atoms with E-state index in [9.17, 15) is 0 Å². The normalized spacial score (nSPS) is 11.1. The van der Waals surface area contributed by atoms with Gasteiger partial charge in [-0.15, -0.1) is 0 Å². The summed E-state index contributed by atoms with van der Waals surface area (Å²) in [6.45, 7) is 1.64. The van der Waals surface area contributed by atoms with Gasteiger partial charge in [0.2, 0.25) is 0 Å². The van der Waals surface area contributed by atoms with Gasteiger partial charge in [0, 0.05) is 19.8 Å². The van der Waals surface area contributed by atoms with E-state index in [4.69, 9.17) is 0 Å². The molecule has 0 radical (unpaired) electrons. The summed E-state index contributed by atoms with van der Waals surface area (Å²) in [4.78, 5) is 8.99. The summed E-state index contributed by atoms with van der Waals surface area (Å²) in [7, 11) is 1.93. The van der Waals surface area contributed by atoms with Gasteiger partial charge in [-0.1, -0.05) is 12.1 Å². The molecule has 0 spiro atoms. The Morgan fingerprint density at radius 1 is 1.15 bits per heavy atom. The van der Waals surface area contributed by atoms with Crippen LogP contribution in [0.25, 0.3) is 11.0 Å². The molecule has 0 amide bonds. The monoisotopic (exact) mass is 267 g/mol. The third kappa shape index (κ3) is 3.00. The zero-order valence-electron chi connectivity index (χ0n) is 11.5. The summed E-state index contributed by atoms with van der Waals surface area (Å²) in [5.74, 6) is 0. The Labute approximate surface area is 117 Å². The Kier molecular flexibility index (Phi) is 3.69. The summed E-state index contributed by atoms with van der Waals surface area (Å²) in [6.07, 6.45) is 6.74. The molecular weight excluding hydrogens is 250 g/mol. The molecule has 3 rings (SSSR count). The van der Waals surface area contributed by atoms with Gasteiger partial charge < -0.3 is 5.32 Å². The Morgan fingerprint density at radius 3 is 2.80 bits per heavy atom. The van der Waals surface area contributed by atoms with Gasteiger partial charge in [-0.25, -0.2) is 4.98 Å². The molecule has 5 nitrogen and oxygen atoms in total. The zero-order chi connectivity index (χ0) is 13.8. The van der Waals surface area contributed by atoms with E-state index in [0.717, 1.165) is 36.2 Å². The molecule has 2 aromatic heterocycles. The van der Waals surface area contributed by atoms with Crippen LogP contribution in [0.1, 0.15) is 11.3 Å². The highest BCUT2D eigenvalue weighted by Crippen LogP contribution is 2.08. The van der Waals surface area contributed by atoms with Crippen LogP contribution in [-0.4, -0.2) is 26.3 Å². The van der Waals surface area contributed by atoms with Crippen LogP contribution in [0.3, 0.4) is 0 Å². The van der Waals surface area contributed by atoms with Crippen molar-refractivity contribution in [1.29, 1.82) is 0 Å². The number of nitrogens with one attached hydrogen (secondary N) is 1. The van der Waals surface area contributed by atoms with Crippen molar-refractivity contribution in [2.24, 2.45) is 7.05 Å². The van der Waals surface area contributed by atoms with Crippen LogP contribution in [0.15, 0.2) is 42.9 Å². The van der Waals surface area contributed by atoms with E-state index in [1.165, 1.54) is 5.56 Å². The van der Waals surface area contributed by atoms with E-state index < -0.39 is 0 Å². The number of benzene rings is 1. The minimum absolute atomic E-state index is 0.734. The van der Waals surface area contributed by atoms with E-state index >= 15 is 0 Å². The third-order valence-electron chi connectivity index (χ3n) is 3.15. The van der Waals surface area contributed by atoms with E-state index in [1.54, 1.807) is 0 Å². The number of para-hydroxylation sites is 2. The summed E-state index contributed by atoms with van der Waals surface area (Å²) in [5.41, 5.74) is 4.09. The minimum Gasteiger partial charge on any atom is -0.311 e. The summed E-state index contributed by atoms with van der Waals surface area (Å²) >= 11 is 0. The average molecular weight is 267 g/mol. The number of aryl methyl sites for hydroxylation is 1. The van der Waals surface area contributed by atoms with Crippen LogP contribution in [0.5, 0.6) is 0 Å². The van der Waals surface area contributed by atoms with Crippen molar-refractivity contribution in [3.8, 4) is 0 Å². The second-order valence-corrected chi connectivity index (χ2v) is 4.80. The quantitative estimate of drug-likeness (QED) is 0.715. The first-order valence-corrected chi connectivity index (χ1v) is 6.70. The number of hydrogen-bond acceptors (Lipinski definition) is 4. The highest BCUT2D eigenvalue weighted by Gasteiger charge is 2.00. The number of fused-ring (bicyclic) bond motifs is 1. The van der Waals surface area contributed by atoms with Gasteiger partial charge in [0.25, 0.3) is 0 Å². The van der Waals surface area contributed by atoms with Crippen molar-refractivity contribution >= 4 is 11.0 Å². The number of aromatic nitrogens is 4. The van der Waals surface area contributed by atoms with Crippen LogP contribution < -0.4 is 5.32 Å². The first-order valence-electron chi connectivity index (χ1n) is 6.70. The molecule has 0 aliphatic carbocycles. The molecule has 5 heteroatoms. The number of rotatable bonds is 5. The van der Waals surface area contributed by atoms with E-state index in [-0.39, 0.29) is 0 Å². The first kappa shape index (κ1) is 12.7. The smallest absolute Gasteiger partial charge is 0.0890 e. The van der Waals surface area contributed by atoms with Gasteiger partial charge in [0.1, 0.15) is 0 Å². The molecule has 1 aromatic carbocycles. The van der Waals surface area contributed by atoms with Crippen LogP contribution >= 0.6 is 0 Å². The molecule has 0 saturated heterocycles. The predicted octanol–water partition coefficient (Wildman–Crippen LogP) is 1.70. The van der Waals surface area contributed by atoms with Gasteiger partial charge in [-0.3, -0.25) is 9.67 Å². The molecule has 0 aliphatic rings. The third-order valence-corrected chi connectivity index (χ3v) is 3.15. The highest BCUT2D eigenvalue weighted by atomic mass is 15.2. The van der Waals surface area contributed by atoms with Crippen LogP contribution in [0.2, 0.25) is 0 Å². The second-order valence-electron chi connectivity index (χ2n) is 4.80. The van der Waals surface area contributed by atoms with Crippen LogP contribution in [-0.2, 0) is 20.0 Å². The first-order chi connectivity index (χ1) is 9.81. The summed E-state index contributed by atoms with van der Waals surface area (Å²) < 4.78 is 1.82. The van der Waals surface area contributed by atoms with E-state index in [0.29, 0.717) is 0 Å². The lowest BCUT2D eigenvalue weighted by Gasteiger charge is -2.04. The molecule has 3 aromatic rings. The predicted molar refractivity (Wildman–Crippen MR) is 78.2 cm³/mol. The van der Waals surface area contributed by atoms with Crippen molar-refractivity contribution < 1.29 is 0 Å². The van der Waals surface area contributed by atoms with E-state index in [1.807, 2.05) is 54.6 Å². The molecule has 0 fully saturated rings. The minimum atomic E-state index is 0.734. The van der Waals surface area contributed by atoms with Gasteiger partial charge >= 0.3 is 0 Å². The number of nitrogens with zero attached hydrogens (tertiary/aromatic N) is 4. The van der Waals surface area contributed by atoms with Crippen LogP contribution in [0, 0.1) is 0 Å². The van der Waals surface area contributed by atoms with Crippen molar-refractivity contribution in [3.63, 3.8) is 0 Å². The molecule has 2 heterocycles. The molecular formula is C15H17N5. The maximum absolute atomic E-state index is 4.58. The molecule has 0 aliphatic heterocycles. The Morgan fingerprint density at radius 2 is 2.00 bits per heavy atom. The van der Waals surface area contributed by atoms with E-state index in [2.05, 4.69) is 20.4 Å². The molecule has 0 atom stereocenters. The summed E-state index contributed by atoms with van der Waals surface area (Å²) in [6, 6.07) is 7.92. The molecule has 0 unspecified atom stereocenters. The molecule has 0 saturated carbocycles. The van der Waals surface area contributed by atoms with Crippen molar-refractivity contribution in [2.75, 3.05) is 6.54 Å². The van der Waals surface area contributed by atoms with Crippen LogP contribution in [0.4, 0.5) is 0 Å². The zero-order valence-corrected chi connectivity index (χ0v) is 11.5. The molecule has 1 N–H and O–H groups in total. The van der Waals surface area contributed by atoms with Crippen molar-refractivity contribution in [2.45, 2.75) is 13.0 Å². The Balaban J connectivity index is 1.54. The highest BCUT2D eigenvalue weighted by molar-refractivity contribution is 5.73. The SMILES string of the molecule is Cn1cc(CCNCc2cnc3ccccc3n2)cn1. The maximum atomic E-state index is 4.58. The lowest BCUT2D eigenvalue weighted by Crippen LogP contribution is -2.17. The van der Waals surface area contributed by atoms with Gasteiger partial charge in [-0.05, 0) is 30.7 Å². The number of hydrogen-bond donors (Lipinski definition) is 1. The average Bonchev–Trinajstić information content (AvgIpc) is 2.89. The molecule has 102 valence electrons. The maximum Gasteiger partial charge on any atom is 0.0890 e. The topological polar surface area (TPSA) is 55.6 Å². The van der Waals surface area contributed by atoms with Gasteiger partial charge in [0.15, 0.2) is 0 Å². The Bertz CT molecular complexity index is 704. The van der Waals surface area contributed by atoms with Gasteiger partial charge in [-0.2, -0.15) is 5.10 Å².